The maximum atomic E-state index is 13.2. The molecule has 1 N–H and O–H groups in total. The van der Waals surface area contributed by atoms with Gasteiger partial charge in [0.2, 0.25) is 0 Å². The fourth-order valence-corrected chi connectivity index (χ4v) is 3.88. The van der Waals surface area contributed by atoms with E-state index in [0.29, 0.717) is 13.1 Å². The third-order valence-corrected chi connectivity index (χ3v) is 6.19. The van der Waals surface area contributed by atoms with Crippen molar-refractivity contribution in [3.05, 3.63) is 64.7 Å². The first-order valence-corrected chi connectivity index (χ1v) is 10.6. The minimum absolute atomic E-state index is 0.0757. The number of aryl methyl sites for hydroxylation is 2. The number of urea groups is 1. The van der Waals surface area contributed by atoms with Gasteiger partial charge in [0.1, 0.15) is 5.75 Å². The van der Waals surface area contributed by atoms with Crippen molar-refractivity contribution in [1.29, 1.82) is 0 Å². The first kappa shape index (κ1) is 19.8. The van der Waals surface area contributed by atoms with Gasteiger partial charge in [0, 0.05) is 13.1 Å². The first-order chi connectivity index (χ1) is 14.0. The highest BCUT2D eigenvalue weighted by Gasteiger charge is 2.38. The van der Waals surface area contributed by atoms with Crippen LogP contribution in [0, 0.1) is 19.8 Å². The summed E-state index contributed by atoms with van der Waals surface area (Å²) in [5, 5.41) is 1.83. The number of amides is 2. The van der Waals surface area contributed by atoms with Crippen LogP contribution in [0.15, 0.2) is 42.5 Å². The van der Waals surface area contributed by atoms with Gasteiger partial charge in [-0.3, -0.25) is 5.01 Å². The Kier molecular flexibility index (Phi) is 5.76. The Bertz CT molecular complexity index is 861. The zero-order valence-corrected chi connectivity index (χ0v) is 17.6. The summed E-state index contributed by atoms with van der Waals surface area (Å²) in [6, 6.07) is 14.8. The van der Waals surface area contributed by atoms with E-state index < -0.39 is 0 Å². The number of nitrogens with one attached hydrogen (secondary N) is 1. The molecule has 1 unspecified atom stereocenters. The average Bonchev–Trinajstić information content (AvgIpc) is 3.51. The van der Waals surface area contributed by atoms with E-state index in [2.05, 4.69) is 49.6 Å². The predicted octanol–water partition coefficient (Wildman–Crippen LogP) is 4.25. The Labute approximate surface area is 173 Å². The summed E-state index contributed by atoms with van der Waals surface area (Å²) < 4.78 is 5.25. The number of hydrazine groups is 1. The predicted molar refractivity (Wildman–Crippen MR) is 115 cm³/mol. The molecule has 1 aliphatic carbocycles. The first-order valence-electron chi connectivity index (χ1n) is 10.6. The number of methoxy groups -OCH3 is 1. The molecule has 0 radical (unpaired) electrons. The van der Waals surface area contributed by atoms with Crippen LogP contribution in [0.5, 0.6) is 5.75 Å². The fraction of sp³-hybridized carbons (Fsp3) is 0.458. The second-order valence-electron chi connectivity index (χ2n) is 8.35. The summed E-state index contributed by atoms with van der Waals surface area (Å²) in [4.78, 5) is 15.2. The van der Waals surface area contributed by atoms with E-state index in [9.17, 15) is 4.79 Å². The van der Waals surface area contributed by atoms with E-state index in [-0.39, 0.29) is 12.1 Å². The molecule has 5 heteroatoms. The maximum Gasteiger partial charge on any atom is 0.335 e. The van der Waals surface area contributed by atoms with Crippen molar-refractivity contribution < 1.29 is 9.53 Å². The molecule has 1 saturated carbocycles. The number of nitrogens with zero attached hydrogens (tertiary/aromatic N) is 2. The number of rotatable bonds is 8. The lowest BCUT2D eigenvalue weighted by atomic mass is 10.0. The third kappa shape index (κ3) is 4.56. The topological polar surface area (TPSA) is 44.8 Å². The van der Waals surface area contributed by atoms with Gasteiger partial charge in [0.15, 0.2) is 0 Å². The van der Waals surface area contributed by atoms with Gasteiger partial charge in [-0.2, -0.15) is 0 Å². The summed E-state index contributed by atoms with van der Waals surface area (Å²) in [5.74, 6) is 1.59. The SMILES string of the molecule is COc1ccc(CCN2C(=O)N(NCC3CC3)CC2c2ccc(C)c(C)c2)cc1. The number of hydrogen-bond donors (Lipinski definition) is 1. The van der Waals surface area contributed by atoms with Gasteiger partial charge in [-0.15, -0.1) is 0 Å². The molecule has 0 bridgehead atoms. The summed E-state index contributed by atoms with van der Waals surface area (Å²) in [5.41, 5.74) is 8.37. The lowest BCUT2D eigenvalue weighted by Crippen LogP contribution is -2.42. The van der Waals surface area contributed by atoms with Crippen molar-refractivity contribution in [2.75, 3.05) is 26.7 Å². The summed E-state index contributed by atoms with van der Waals surface area (Å²) in [7, 11) is 1.68. The van der Waals surface area contributed by atoms with Gasteiger partial charge in [0.25, 0.3) is 0 Å². The molecule has 29 heavy (non-hydrogen) atoms. The van der Waals surface area contributed by atoms with Crippen LogP contribution >= 0.6 is 0 Å². The van der Waals surface area contributed by atoms with Crippen LogP contribution in [-0.4, -0.2) is 42.7 Å². The average molecular weight is 394 g/mol. The van der Waals surface area contributed by atoms with Crippen LogP contribution < -0.4 is 10.2 Å². The van der Waals surface area contributed by atoms with Gasteiger partial charge < -0.3 is 9.64 Å². The molecule has 154 valence electrons. The van der Waals surface area contributed by atoms with E-state index in [0.717, 1.165) is 24.6 Å². The van der Waals surface area contributed by atoms with Crippen LogP contribution in [0.4, 0.5) is 4.79 Å². The Morgan fingerprint density at radius 3 is 2.48 bits per heavy atom. The summed E-state index contributed by atoms with van der Waals surface area (Å²) >= 11 is 0. The lowest BCUT2D eigenvalue weighted by molar-refractivity contribution is 0.171. The molecule has 4 rings (SSSR count). The van der Waals surface area contributed by atoms with Gasteiger partial charge in [-0.25, -0.2) is 10.2 Å². The molecule has 2 fully saturated rings. The Balaban J connectivity index is 1.50. The van der Waals surface area contributed by atoms with Crippen molar-refractivity contribution in [3.63, 3.8) is 0 Å². The van der Waals surface area contributed by atoms with Crippen molar-refractivity contribution in [2.45, 2.75) is 39.2 Å². The van der Waals surface area contributed by atoms with Crippen molar-refractivity contribution in [3.8, 4) is 5.75 Å². The van der Waals surface area contributed by atoms with E-state index in [1.165, 1.54) is 35.1 Å². The van der Waals surface area contributed by atoms with E-state index >= 15 is 0 Å². The second-order valence-corrected chi connectivity index (χ2v) is 8.35. The van der Waals surface area contributed by atoms with Crippen molar-refractivity contribution in [2.24, 2.45) is 5.92 Å². The quantitative estimate of drug-likeness (QED) is 0.729. The second kappa shape index (κ2) is 8.46. The zero-order valence-electron chi connectivity index (χ0n) is 17.6. The lowest BCUT2D eigenvalue weighted by Gasteiger charge is -2.24. The molecule has 2 amide bonds. The number of ether oxygens (including phenoxy) is 1. The Morgan fingerprint density at radius 1 is 1.07 bits per heavy atom. The number of carbonyl (C=O) groups excluding carboxylic acids is 1. The molecule has 1 aliphatic heterocycles. The molecular formula is C24H31N3O2. The largest absolute Gasteiger partial charge is 0.497 e. The smallest absolute Gasteiger partial charge is 0.335 e. The van der Waals surface area contributed by atoms with Gasteiger partial charge >= 0.3 is 6.03 Å². The molecule has 1 heterocycles. The Hall–Kier alpha value is -2.53. The third-order valence-electron chi connectivity index (χ3n) is 6.19. The zero-order chi connectivity index (χ0) is 20.4. The molecule has 2 aromatic carbocycles. The molecule has 0 aromatic heterocycles. The van der Waals surface area contributed by atoms with Crippen LogP contribution in [-0.2, 0) is 6.42 Å². The van der Waals surface area contributed by atoms with E-state index in [1.807, 2.05) is 22.0 Å². The van der Waals surface area contributed by atoms with Crippen molar-refractivity contribution >= 4 is 6.03 Å². The fourth-order valence-electron chi connectivity index (χ4n) is 3.88. The number of carbonyl (C=O) groups is 1. The molecule has 0 spiro atoms. The molecule has 5 nitrogen and oxygen atoms in total. The van der Waals surface area contributed by atoms with Gasteiger partial charge in [0.05, 0.1) is 19.7 Å². The van der Waals surface area contributed by atoms with Gasteiger partial charge in [-0.05, 0) is 73.4 Å². The summed E-state index contributed by atoms with van der Waals surface area (Å²) in [6.07, 6.45) is 3.38. The van der Waals surface area contributed by atoms with Gasteiger partial charge in [-0.1, -0.05) is 30.3 Å². The number of benzene rings is 2. The van der Waals surface area contributed by atoms with Crippen LogP contribution in [0.1, 0.15) is 41.1 Å². The minimum atomic E-state index is 0.0757. The molecule has 2 aromatic rings. The van der Waals surface area contributed by atoms with Crippen LogP contribution in [0.3, 0.4) is 0 Å². The molecule has 2 aliphatic rings. The molecule has 1 saturated heterocycles. The summed E-state index contributed by atoms with van der Waals surface area (Å²) in [6.45, 7) is 6.56. The van der Waals surface area contributed by atoms with Crippen molar-refractivity contribution in [1.82, 2.24) is 15.3 Å². The highest BCUT2D eigenvalue weighted by Crippen LogP contribution is 2.32. The normalized spacial score (nSPS) is 19.1. The van der Waals surface area contributed by atoms with Crippen LogP contribution in [0.2, 0.25) is 0 Å². The van der Waals surface area contributed by atoms with E-state index in [4.69, 9.17) is 4.74 Å². The molecular weight excluding hydrogens is 362 g/mol. The monoisotopic (exact) mass is 393 g/mol. The highest BCUT2D eigenvalue weighted by molar-refractivity contribution is 5.77. The minimum Gasteiger partial charge on any atom is -0.497 e. The Morgan fingerprint density at radius 2 is 1.83 bits per heavy atom. The van der Waals surface area contributed by atoms with E-state index in [1.54, 1.807) is 7.11 Å². The molecule has 1 atom stereocenters. The van der Waals surface area contributed by atoms with Crippen LogP contribution in [0.25, 0.3) is 0 Å². The highest BCUT2D eigenvalue weighted by atomic mass is 16.5. The maximum absolute atomic E-state index is 13.2. The standard InChI is InChI=1S/C24H31N3O2/c1-17-4-9-21(14-18(17)2)23-16-27(25-15-20-5-6-20)24(28)26(23)13-12-19-7-10-22(29-3)11-8-19/h4,7-11,14,20,23,25H,5-6,12-13,15-16H2,1-3H3. The number of hydrogen-bond acceptors (Lipinski definition) is 3.